The molecular formula is C15H29NS2. The van der Waals surface area contributed by atoms with Crippen LogP contribution in [-0.2, 0) is 0 Å². The first-order valence-electron chi connectivity index (χ1n) is 7.73. The molecule has 0 aromatic heterocycles. The lowest BCUT2D eigenvalue weighted by Crippen LogP contribution is -1.86. The third kappa shape index (κ3) is 9.32. The quantitative estimate of drug-likeness (QED) is 0.449. The molecule has 0 N–H and O–H groups in total. The third-order valence-corrected chi connectivity index (χ3v) is 5.62. The molecule has 0 aromatic carbocycles. The van der Waals surface area contributed by atoms with Crippen molar-refractivity contribution in [3.05, 3.63) is 0 Å². The summed E-state index contributed by atoms with van der Waals surface area (Å²) in [5.41, 5.74) is 0. The van der Waals surface area contributed by atoms with Gasteiger partial charge in [0.2, 0.25) is 0 Å². The number of unbranched alkanes of at least 4 members (excludes halogenated alkanes) is 9. The van der Waals surface area contributed by atoms with Gasteiger partial charge in [0, 0.05) is 5.75 Å². The van der Waals surface area contributed by atoms with Crippen LogP contribution in [-0.4, -0.2) is 22.4 Å². The Morgan fingerprint density at radius 3 is 2.11 bits per heavy atom. The van der Waals surface area contributed by atoms with Crippen LogP contribution in [0.5, 0.6) is 0 Å². The molecule has 1 rings (SSSR count). The van der Waals surface area contributed by atoms with Gasteiger partial charge in [-0.2, -0.15) is 0 Å². The zero-order chi connectivity index (χ0) is 12.9. The summed E-state index contributed by atoms with van der Waals surface area (Å²) >= 11 is 3.91. The van der Waals surface area contributed by atoms with Gasteiger partial charge in [-0.25, -0.2) is 0 Å². The predicted molar refractivity (Wildman–Crippen MR) is 89.1 cm³/mol. The average molecular weight is 288 g/mol. The first-order valence-corrected chi connectivity index (χ1v) is 9.70. The zero-order valence-corrected chi connectivity index (χ0v) is 13.6. The molecule has 0 saturated heterocycles. The molecule has 0 radical (unpaired) electrons. The summed E-state index contributed by atoms with van der Waals surface area (Å²) in [5.74, 6) is 2.49. The van der Waals surface area contributed by atoms with E-state index in [9.17, 15) is 0 Å². The minimum absolute atomic E-state index is 1.05. The van der Waals surface area contributed by atoms with E-state index in [4.69, 9.17) is 0 Å². The lowest BCUT2D eigenvalue weighted by molar-refractivity contribution is 0.563. The van der Waals surface area contributed by atoms with E-state index < -0.39 is 0 Å². The second-order valence-electron chi connectivity index (χ2n) is 5.03. The van der Waals surface area contributed by atoms with Gasteiger partial charge in [-0.3, -0.25) is 4.99 Å². The highest BCUT2D eigenvalue weighted by Crippen LogP contribution is 2.23. The summed E-state index contributed by atoms with van der Waals surface area (Å²) in [4.78, 5) is 4.46. The minimum Gasteiger partial charge on any atom is -0.271 e. The monoisotopic (exact) mass is 287 g/mol. The maximum absolute atomic E-state index is 4.46. The fourth-order valence-electron chi connectivity index (χ4n) is 2.15. The molecule has 0 amide bonds. The van der Waals surface area contributed by atoms with Crippen molar-refractivity contribution in [1.82, 2.24) is 0 Å². The van der Waals surface area contributed by atoms with Crippen molar-refractivity contribution >= 4 is 27.9 Å². The molecule has 3 heteroatoms. The average Bonchev–Trinajstić information content (AvgIpc) is 2.89. The second kappa shape index (κ2) is 12.4. The normalized spacial score (nSPS) is 15.1. The first kappa shape index (κ1) is 16.4. The van der Waals surface area contributed by atoms with Crippen molar-refractivity contribution in [2.45, 2.75) is 71.1 Å². The molecule has 0 unspecified atom stereocenters. The van der Waals surface area contributed by atoms with E-state index in [0.29, 0.717) is 0 Å². The Bertz CT molecular complexity index is 217. The van der Waals surface area contributed by atoms with E-state index in [2.05, 4.69) is 11.9 Å². The van der Waals surface area contributed by atoms with Crippen LogP contribution in [0.2, 0.25) is 0 Å². The van der Waals surface area contributed by atoms with E-state index in [-0.39, 0.29) is 0 Å². The summed E-state index contributed by atoms with van der Waals surface area (Å²) in [6.07, 6.45) is 14.3. The highest BCUT2D eigenvalue weighted by atomic mass is 32.2. The van der Waals surface area contributed by atoms with Gasteiger partial charge in [0.05, 0.1) is 6.54 Å². The number of hydrogen-bond acceptors (Lipinski definition) is 3. The Labute approximate surface area is 122 Å². The molecule has 1 nitrogen and oxygen atoms in total. The number of rotatable bonds is 11. The van der Waals surface area contributed by atoms with Gasteiger partial charge in [-0.05, 0) is 12.2 Å². The SMILES string of the molecule is CCCCCCCCCCCCSC1=NCCS1. The molecule has 1 aliphatic heterocycles. The van der Waals surface area contributed by atoms with E-state index >= 15 is 0 Å². The number of thioether (sulfide) groups is 2. The summed E-state index contributed by atoms with van der Waals surface area (Å²) in [6, 6.07) is 0. The van der Waals surface area contributed by atoms with Crippen molar-refractivity contribution in [3.63, 3.8) is 0 Å². The molecule has 0 bridgehead atoms. The molecule has 0 fully saturated rings. The standard InChI is InChI=1S/C15H29NS2/c1-2-3-4-5-6-7-8-9-10-11-13-17-15-16-12-14-18-15/h2-14H2,1H3. The summed E-state index contributed by atoms with van der Waals surface area (Å²) in [6.45, 7) is 3.33. The van der Waals surface area contributed by atoms with Crippen LogP contribution in [0.25, 0.3) is 0 Å². The maximum atomic E-state index is 4.46. The molecule has 0 aliphatic carbocycles. The molecule has 1 heterocycles. The first-order chi connectivity index (χ1) is 8.93. The van der Waals surface area contributed by atoms with Gasteiger partial charge in [0.15, 0.2) is 0 Å². The lowest BCUT2D eigenvalue weighted by Gasteiger charge is -2.02. The number of nitrogens with zero attached hydrogens (tertiary/aromatic N) is 1. The van der Waals surface area contributed by atoms with Gasteiger partial charge in [-0.15, -0.1) is 0 Å². The zero-order valence-electron chi connectivity index (χ0n) is 12.0. The Kier molecular flexibility index (Phi) is 11.3. The Hall–Kier alpha value is 0.370. The van der Waals surface area contributed by atoms with E-state index in [0.717, 1.165) is 6.54 Å². The fourth-order valence-corrected chi connectivity index (χ4v) is 4.23. The van der Waals surface area contributed by atoms with Crippen LogP contribution < -0.4 is 0 Å². The van der Waals surface area contributed by atoms with Crippen molar-refractivity contribution in [1.29, 1.82) is 0 Å². The third-order valence-electron chi connectivity index (χ3n) is 3.28. The van der Waals surface area contributed by atoms with Crippen LogP contribution in [0.15, 0.2) is 4.99 Å². The summed E-state index contributed by atoms with van der Waals surface area (Å²) < 4.78 is 1.34. The molecule has 0 saturated carbocycles. The van der Waals surface area contributed by atoms with Gasteiger partial charge in [0.25, 0.3) is 0 Å². The smallest absolute Gasteiger partial charge is 0.124 e. The van der Waals surface area contributed by atoms with Crippen LogP contribution in [0, 0.1) is 0 Å². The molecule has 1 aliphatic rings. The molecular weight excluding hydrogens is 258 g/mol. The van der Waals surface area contributed by atoms with Gasteiger partial charge in [-0.1, -0.05) is 88.2 Å². The molecule has 106 valence electrons. The van der Waals surface area contributed by atoms with Crippen molar-refractivity contribution in [2.75, 3.05) is 18.1 Å². The Balaban J connectivity index is 1.71. The highest BCUT2D eigenvalue weighted by Gasteiger charge is 2.06. The Morgan fingerprint density at radius 1 is 0.944 bits per heavy atom. The van der Waals surface area contributed by atoms with Crippen LogP contribution in [0.1, 0.15) is 71.1 Å². The fraction of sp³-hybridized carbons (Fsp3) is 0.933. The van der Waals surface area contributed by atoms with E-state index in [1.807, 2.05) is 23.5 Å². The van der Waals surface area contributed by atoms with Gasteiger partial charge < -0.3 is 0 Å². The van der Waals surface area contributed by atoms with Crippen molar-refractivity contribution in [2.24, 2.45) is 4.99 Å². The molecule has 0 aromatic rings. The lowest BCUT2D eigenvalue weighted by atomic mass is 10.1. The predicted octanol–water partition coefficient (Wildman–Crippen LogP) is 5.74. The largest absolute Gasteiger partial charge is 0.271 e. The van der Waals surface area contributed by atoms with E-state index in [1.54, 1.807) is 0 Å². The van der Waals surface area contributed by atoms with E-state index in [1.165, 1.54) is 80.1 Å². The van der Waals surface area contributed by atoms with Gasteiger partial charge in [0.1, 0.15) is 4.38 Å². The van der Waals surface area contributed by atoms with Crippen molar-refractivity contribution < 1.29 is 0 Å². The van der Waals surface area contributed by atoms with Crippen molar-refractivity contribution in [3.8, 4) is 0 Å². The second-order valence-corrected chi connectivity index (χ2v) is 7.45. The molecule has 18 heavy (non-hydrogen) atoms. The number of hydrogen-bond donors (Lipinski definition) is 0. The summed E-state index contributed by atoms with van der Waals surface area (Å²) in [5, 5.41) is 0. The Morgan fingerprint density at radius 2 is 1.56 bits per heavy atom. The van der Waals surface area contributed by atoms with Crippen LogP contribution in [0.3, 0.4) is 0 Å². The molecule has 0 atom stereocenters. The topological polar surface area (TPSA) is 12.4 Å². The minimum atomic E-state index is 1.05. The maximum Gasteiger partial charge on any atom is 0.124 e. The highest BCUT2D eigenvalue weighted by molar-refractivity contribution is 8.39. The summed E-state index contributed by atoms with van der Waals surface area (Å²) in [7, 11) is 0. The van der Waals surface area contributed by atoms with Crippen LogP contribution >= 0.6 is 23.5 Å². The molecule has 0 spiro atoms. The van der Waals surface area contributed by atoms with Gasteiger partial charge >= 0.3 is 0 Å². The van der Waals surface area contributed by atoms with Crippen LogP contribution in [0.4, 0.5) is 0 Å². The number of aliphatic imine (C=N–C) groups is 1.